The lowest BCUT2D eigenvalue weighted by Gasteiger charge is -2.16. The summed E-state index contributed by atoms with van der Waals surface area (Å²) in [5, 5.41) is 18.9. The molecule has 0 aromatic carbocycles. The van der Waals surface area contributed by atoms with Gasteiger partial charge in [-0.3, -0.25) is 9.69 Å². The Bertz CT molecular complexity index is 498. The Morgan fingerprint density at radius 3 is 2.94 bits per heavy atom. The maximum Gasteiger partial charge on any atom is 0.226 e. The number of likely N-dealkylation sites (tertiary alicyclic amines) is 1. The minimum Gasteiger partial charge on any atom is -0.502 e. The van der Waals surface area contributed by atoms with Gasteiger partial charge in [0.1, 0.15) is 12.0 Å². The summed E-state index contributed by atoms with van der Waals surface area (Å²) in [6.45, 7) is 2.37. The molecule has 98 valence electrons. The van der Waals surface area contributed by atoms with Gasteiger partial charge in [0.15, 0.2) is 5.75 Å². The highest BCUT2D eigenvalue weighted by Gasteiger charge is 2.41. The fourth-order valence-electron chi connectivity index (χ4n) is 3.21. The number of nitrogens with zero attached hydrogens (tertiary/aromatic N) is 1. The summed E-state index contributed by atoms with van der Waals surface area (Å²) in [5.41, 5.74) is -0.407. The molecular formula is C13H17NO4. The number of aliphatic hydroxyl groups is 1. The lowest BCUT2D eigenvalue weighted by atomic mass is 10.00. The molecule has 1 aliphatic heterocycles. The normalized spacial score (nSPS) is 31.7. The molecule has 1 saturated carbocycles. The van der Waals surface area contributed by atoms with Gasteiger partial charge in [-0.1, -0.05) is 0 Å². The summed E-state index contributed by atoms with van der Waals surface area (Å²) >= 11 is 0. The number of hydrogen-bond donors (Lipinski definition) is 2. The monoisotopic (exact) mass is 251 g/mol. The van der Waals surface area contributed by atoms with E-state index in [2.05, 4.69) is 4.90 Å². The van der Waals surface area contributed by atoms with E-state index in [9.17, 15) is 9.90 Å². The molecule has 2 fully saturated rings. The second-order valence-corrected chi connectivity index (χ2v) is 5.36. The van der Waals surface area contributed by atoms with Crippen molar-refractivity contribution in [2.45, 2.75) is 25.5 Å². The third kappa shape index (κ3) is 2.04. The van der Waals surface area contributed by atoms with Crippen LogP contribution in [0.15, 0.2) is 21.5 Å². The maximum absolute atomic E-state index is 11.3. The van der Waals surface area contributed by atoms with Crippen molar-refractivity contribution in [1.82, 2.24) is 4.90 Å². The molecule has 3 rings (SSSR count). The molecule has 1 aliphatic carbocycles. The molecular weight excluding hydrogens is 234 g/mol. The van der Waals surface area contributed by atoms with Crippen LogP contribution in [0.1, 0.15) is 18.6 Å². The fraction of sp³-hybridized carbons (Fsp3) is 0.615. The summed E-state index contributed by atoms with van der Waals surface area (Å²) in [5.74, 6) is 1.15. The van der Waals surface area contributed by atoms with Crippen LogP contribution in [0, 0.1) is 11.8 Å². The van der Waals surface area contributed by atoms with Crippen molar-refractivity contribution in [1.29, 1.82) is 0 Å². The predicted octanol–water partition coefficient (Wildman–Crippen LogP) is 0.548. The zero-order valence-electron chi connectivity index (χ0n) is 10.1. The number of fused-ring (bicyclic) bond motifs is 1. The molecule has 5 heteroatoms. The van der Waals surface area contributed by atoms with E-state index >= 15 is 0 Å². The molecule has 1 saturated heterocycles. The van der Waals surface area contributed by atoms with Crippen LogP contribution in [0.3, 0.4) is 0 Å². The zero-order chi connectivity index (χ0) is 12.7. The molecule has 0 amide bonds. The third-order valence-electron chi connectivity index (χ3n) is 4.14. The molecule has 0 bridgehead atoms. The van der Waals surface area contributed by atoms with Gasteiger partial charge in [-0.2, -0.15) is 0 Å². The smallest absolute Gasteiger partial charge is 0.226 e. The lowest BCUT2D eigenvalue weighted by Crippen LogP contribution is -2.24. The highest BCUT2D eigenvalue weighted by Crippen LogP contribution is 2.38. The van der Waals surface area contributed by atoms with Crippen LogP contribution >= 0.6 is 0 Å². The quantitative estimate of drug-likeness (QED) is 0.803. The summed E-state index contributed by atoms with van der Waals surface area (Å²) in [7, 11) is 0. The average molecular weight is 251 g/mol. The molecule has 0 radical (unpaired) electrons. The van der Waals surface area contributed by atoms with Gasteiger partial charge in [-0.05, 0) is 18.8 Å². The Kier molecular flexibility index (Phi) is 2.87. The van der Waals surface area contributed by atoms with Crippen LogP contribution in [-0.4, -0.2) is 34.3 Å². The van der Waals surface area contributed by atoms with Crippen molar-refractivity contribution in [2.24, 2.45) is 11.8 Å². The Hall–Kier alpha value is -1.33. The van der Waals surface area contributed by atoms with Gasteiger partial charge < -0.3 is 14.6 Å². The third-order valence-corrected chi connectivity index (χ3v) is 4.14. The predicted molar refractivity (Wildman–Crippen MR) is 64.1 cm³/mol. The molecule has 18 heavy (non-hydrogen) atoms. The van der Waals surface area contributed by atoms with Gasteiger partial charge >= 0.3 is 0 Å². The second-order valence-electron chi connectivity index (χ2n) is 5.36. The standard InChI is InChI=1S/C13H17NO4/c15-11-2-1-8-4-14(6-10(8)11)5-9-3-12(16)13(17)7-18-9/h3,7-8,10-11,15,17H,1-2,4-6H2. The van der Waals surface area contributed by atoms with E-state index in [0.717, 1.165) is 32.2 Å². The first-order valence-corrected chi connectivity index (χ1v) is 6.34. The zero-order valence-corrected chi connectivity index (χ0v) is 10.1. The summed E-state index contributed by atoms with van der Waals surface area (Å²) in [6.07, 6.45) is 2.91. The Morgan fingerprint density at radius 2 is 2.22 bits per heavy atom. The molecule has 3 unspecified atom stereocenters. The highest BCUT2D eigenvalue weighted by atomic mass is 16.4. The second kappa shape index (κ2) is 4.40. The van der Waals surface area contributed by atoms with E-state index in [1.165, 1.54) is 6.07 Å². The lowest BCUT2D eigenvalue weighted by molar-refractivity contribution is 0.122. The van der Waals surface area contributed by atoms with Gasteiger partial charge in [0.25, 0.3) is 0 Å². The first-order chi connectivity index (χ1) is 8.63. The van der Waals surface area contributed by atoms with Crippen LogP contribution in [0.2, 0.25) is 0 Å². The largest absolute Gasteiger partial charge is 0.502 e. The van der Waals surface area contributed by atoms with Crippen LogP contribution in [0.25, 0.3) is 0 Å². The molecule has 0 spiro atoms. The van der Waals surface area contributed by atoms with Crippen molar-refractivity contribution >= 4 is 0 Å². The van der Waals surface area contributed by atoms with E-state index in [1.807, 2.05) is 0 Å². The van der Waals surface area contributed by atoms with Crippen molar-refractivity contribution in [3.63, 3.8) is 0 Å². The van der Waals surface area contributed by atoms with Crippen LogP contribution in [0.5, 0.6) is 5.75 Å². The highest BCUT2D eigenvalue weighted by molar-refractivity contribution is 5.15. The first kappa shape index (κ1) is 11.7. The molecule has 1 aromatic rings. The molecule has 1 aromatic heterocycles. The van der Waals surface area contributed by atoms with E-state index in [1.54, 1.807) is 0 Å². The van der Waals surface area contributed by atoms with E-state index in [-0.39, 0.29) is 11.9 Å². The molecule has 5 nitrogen and oxygen atoms in total. The summed E-state index contributed by atoms with van der Waals surface area (Å²) in [6, 6.07) is 1.33. The Balaban J connectivity index is 1.68. The van der Waals surface area contributed by atoms with Gasteiger partial charge in [0, 0.05) is 25.1 Å². The average Bonchev–Trinajstić information content (AvgIpc) is 2.87. The van der Waals surface area contributed by atoms with Gasteiger partial charge in [-0.15, -0.1) is 0 Å². The summed E-state index contributed by atoms with van der Waals surface area (Å²) < 4.78 is 5.20. The number of hydrogen-bond acceptors (Lipinski definition) is 5. The van der Waals surface area contributed by atoms with Crippen molar-refractivity contribution < 1.29 is 14.6 Å². The van der Waals surface area contributed by atoms with Crippen LogP contribution in [0.4, 0.5) is 0 Å². The van der Waals surface area contributed by atoms with E-state index in [0.29, 0.717) is 24.1 Å². The van der Waals surface area contributed by atoms with E-state index in [4.69, 9.17) is 9.52 Å². The Labute approximate surface area is 105 Å². The fourth-order valence-corrected chi connectivity index (χ4v) is 3.21. The van der Waals surface area contributed by atoms with Crippen molar-refractivity contribution in [3.05, 3.63) is 28.3 Å². The minimum absolute atomic E-state index is 0.174. The minimum atomic E-state index is -0.407. The van der Waals surface area contributed by atoms with Gasteiger partial charge in [0.2, 0.25) is 5.43 Å². The van der Waals surface area contributed by atoms with Crippen LogP contribution < -0.4 is 5.43 Å². The van der Waals surface area contributed by atoms with Gasteiger partial charge in [-0.25, -0.2) is 0 Å². The maximum atomic E-state index is 11.3. The van der Waals surface area contributed by atoms with E-state index < -0.39 is 5.43 Å². The number of rotatable bonds is 2. The number of aromatic hydroxyl groups is 1. The number of aliphatic hydroxyl groups excluding tert-OH is 1. The first-order valence-electron chi connectivity index (χ1n) is 6.34. The van der Waals surface area contributed by atoms with Gasteiger partial charge in [0.05, 0.1) is 12.6 Å². The summed E-state index contributed by atoms with van der Waals surface area (Å²) in [4.78, 5) is 13.5. The SMILES string of the molecule is O=c1cc(CN2CC3CCC(O)C3C2)occ1O. The molecule has 2 heterocycles. The van der Waals surface area contributed by atoms with Crippen molar-refractivity contribution in [2.75, 3.05) is 13.1 Å². The molecule has 2 N–H and O–H groups in total. The Morgan fingerprint density at radius 1 is 1.39 bits per heavy atom. The molecule has 2 aliphatic rings. The van der Waals surface area contributed by atoms with Crippen molar-refractivity contribution in [3.8, 4) is 5.75 Å². The van der Waals surface area contributed by atoms with Crippen LogP contribution in [-0.2, 0) is 6.54 Å². The molecule has 3 atom stereocenters. The topological polar surface area (TPSA) is 73.9 Å².